The summed E-state index contributed by atoms with van der Waals surface area (Å²) in [5.41, 5.74) is 2.71. The lowest BCUT2D eigenvalue weighted by Gasteiger charge is -2.42. The number of piperidine rings is 1. The number of fused-ring (bicyclic) bond motifs is 1. The Balaban J connectivity index is 1.29. The standard InChI is InChI=1S/C27H29F2N3O/c1-30-18-21(24-16-23(29)8-9-25(24)30)19-31-14-11-27(12-15-31)10-2-3-13-32(26(27)33)17-20-4-6-22(28)7-5-20/h2-9,16,18H,10-15,17,19H2,1H3. The first kappa shape index (κ1) is 21.8. The number of carbonyl (C=O) groups excluding carboxylic acids is 1. The Labute approximate surface area is 193 Å². The minimum atomic E-state index is -0.381. The molecule has 5 rings (SSSR count). The molecule has 1 spiro atoms. The van der Waals surface area contributed by atoms with E-state index in [2.05, 4.69) is 23.2 Å². The van der Waals surface area contributed by atoms with Gasteiger partial charge in [0.2, 0.25) is 5.91 Å². The Bertz CT molecular complexity index is 1190. The molecule has 2 aliphatic rings. The first-order chi connectivity index (χ1) is 15.9. The van der Waals surface area contributed by atoms with Crippen LogP contribution >= 0.6 is 0 Å². The van der Waals surface area contributed by atoms with E-state index in [0.717, 1.165) is 60.9 Å². The molecule has 0 saturated carbocycles. The van der Waals surface area contributed by atoms with Crippen molar-refractivity contribution in [2.75, 3.05) is 19.6 Å². The lowest BCUT2D eigenvalue weighted by molar-refractivity contribution is -0.144. The van der Waals surface area contributed by atoms with Crippen molar-refractivity contribution in [1.29, 1.82) is 0 Å². The summed E-state index contributed by atoms with van der Waals surface area (Å²) in [6.45, 7) is 3.49. The molecule has 3 aromatic rings. The number of amides is 1. The molecule has 0 unspecified atom stereocenters. The second-order valence-electron chi connectivity index (χ2n) is 9.47. The normalized spacial score (nSPS) is 18.9. The topological polar surface area (TPSA) is 28.5 Å². The van der Waals surface area contributed by atoms with Crippen LogP contribution in [0.5, 0.6) is 0 Å². The maximum Gasteiger partial charge on any atom is 0.229 e. The van der Waals surface area contributed by atoms with Gasteiger partial charge in [-0.25, -0.2) is 8.78 Å². The van der Waals surface area contributed by atoms with Gasteiger partial charge in [0.25, 0.3) is 0 Å². The summed E-state index contributed by atoms with van der Waals surface area (Å²) in [6, 6.07) is 11.3. The number of aryl methyl sites for hydroxylation is 1. The number of rotatable bonds is 4. The van der Waals surface area contributed by atoms with Gasteiger partial charge in [0.15, 0.2) is 0 Å². The maximum atomic E-state index is 13.8. The zero-order valence-electron chi connectivity index (χ0n) is 18.9. The molecule has 1 saturated heterocycles. The van der Waals surface area contributed by atoms with Gasteiger partial charge in [-0.2, -0.15) is 0 Å². The third-order valence-electron chi connectivity index (χ3n) is 7.27. The van der Waals surface area contributed by atoms with Crippen LogP contribution in [0.2, 0.25) is 0 Å². The number of hydrogen-bond acceptors (Lipinski definition) is 2. The molecule has 6 heteroatoms. The average molecular weight is 450 g/mol. The Morgan fingerprint density at radius 2 is 1.67 bits per heavy atom. The minimum absolute atomic E-state index is 0.198. The van der Waals surface area contributed by atoms with Crippen molar-refractivity contribution in [2.45, 2.75) is 32.4 Å². The highest BCUT2D eigenvalue weighted by Crippen LogP contribution is 2.40. The van der Waals surface area contributed by atoms with Gasteiger partial charge < -0.3 is 9.47 Å². The van der Waals surface area contributed by atoms with E-state index in [9.17, 15) is 13.6 Å². The molecule has 3 heterocycles. The van der Waals surface area contributed by atoms with E-state index in [4.69, 9.17) is 0 Å². The fourth-order valence-electron chi connectivity index (χ4n) is 5.33. The smallest absolute Gasteiger partial charge is 0.229 e. The number of carbonyl (C=O) groups is 1. The largest absolute Gasteiger partial charge is 0.350 e. The van der Waals surface area contributed by atoms with E-state index in [1.54, 1.807) is 18.2 Å². The molecule has 2 aromatic carbocycles. The first-order valence-corrected chi connectivity index (χ1v) is 11.6. The van der Waals surface area contributed by atoms with Crippen LogP contribution in [0.15, 0.2) is 60.8 Å². The van der Waals surface area contributed by atoms with Crippen LogP contribution in [0.4, 0.5) is 8.78 Å². The SMILES string of the molecule is Cn1cc(CN2CCC3(CC=CCN(Cc4ccc(F)cc4)C3=O)CC2)c2cc(F)ccc21. The number of nitrogens with zero attached hydrogens (tertiary/aromatic N) is 3. The summed E-state index contributed by atoms with van der Waals surface area (Å²) in [4.78, 5) is 17.9. The highest BCUT2D eigenvalue weighted by molar-refractivity contribution is 5.84. The molecule has 0 N–H and O–H groups in total. The summed E-state index contributed by atoms with van der Waals surface area (Å²) in [5, 5.41) is 0.955. The van der Waals surface area contributed by atoms with Crippen LogP contribution in [0.1, 0.15) is 30.4 Å². The van der Waals surface area contributed by atoms with Gasteiger partial charge in [0, 0.05) is 43.8 Å². The van der Waals surface area contributed by atoms with Crippen molar-refractivity contribution >= 4 is 16.8 Å². The lowest BCUT2D eigenvalue weighted by atomic mass is 9.74. The van der Waals surface area contributed by atoms with Gasteiger partial charge in [-0.1, -0.05) is 24.3 Å². The van der Waals surface area contributed by atoms with Crippen molar-refractivity contribution in [2.24, 2.45) is 12.5 Å². The number of aromatic nitrogens is 1. The molecule has 33 heavy (non-hydrogen) atoms. The number of allylic oxidation sites excluding steroid dienone is 1. The summed E-state index contributed by atoms with van der Waals surface area (Å²) in [5.74, 6) is -0.285. The first-order valence-electron chi connectivity index (χ1n) is 11.6. The highest BCUT2D eigenvalue weighted by Gasteiger charge is 2.43. The third-order valence-corrected chi connectivity index (χ3v) is 7.27. The van der Waals surface area contributed by atoms with Gasteiger partial charge in [-0.3, -0.25) is 9.69 Å². The molecule has 0 radical (unpaired) electrons. The van der Waals surface area contributed by atoms with Crippen molar-refractivity contribution < 1.29 is 13.6 Å². The number of likely N-dealkylation sites (tertiary alicyclic amines) is 1. The van der Waals surface area contributed by atoms with Crippen LogP contribution < -0.4 is 0 Å². The van der Waals surface area contributed by atoms with Gasteiger partial charge >= 0.3 is 0 Å². The summed E-state index contributed by atoms with van der Waals surface area (Å²) < 4.78 is 29.2. The predicted molar refractivity (Wildman–Crippen MR) is 125 cm³/mol. The van der Waals surface area contributed by atoms with E-state index in [1.165, 1.54) is 18.2 Å². The lowest BCUT2D eigenvalue weighted by Crippen LogP contribution is -2.49. The van der Waals surface area contributed by atoms with Crippen LogP contribution in [0, 0.1) is 17.0 Å². The Kier molecular flexibility index (Phi) is 5.79. The average Bonchev–Trinajstić information content (AvgIpc) is 3.03. The molecular formula is C27H29F2N3O. The molecule has 2 aliphatic heterocycles. The molecule has 1 amide bonds. The van der Waals surface area contributed by atoms with Crippen LogP contribution in [0.25, 0.3) is 10.9 Å². The predicted octanol–water partition coefficient (Wildman–Crippen LogP) is 5.03. The zero-order chi connectivity index (χ0) is 23.0. The van der Waals surface area contributed by atoms with E-state index < -0.39 is 0 Å². The number of halogens is 2. The third kappa shape index (κ3) is 4.32. The quantitative estimate of drug-likeness (QED) is 0.523. The summed E-state index contributed by atoms with van der Waals surface area (Å²) >= 11 is 0. The highest BCUT2D eigenvalue weighted by atomic mass is 19.1. The Morgan fingerprint density at radius 3 is 2.42 bits per heavy atom. The summed E-state index contributed by atoms with van der Waals surface area (Å²) in [7, 11) is 1.99. The Hall–Kier alpha value is -2.99. The van der Waals surface area contributed by atoms with Crippen molar-refractivity contribution in [3.63, 3.8) is 0 Å². The zero-order valence-corrected chi connectivity index (χ0v) is 18.9. The fraction of sp³-hybridized carbons (Fsp3) is 0.370. The number of benzene rings is 2. The van der Waals surface area contributed by atoms with Crippen molar-refractivity contribution in [3.05, 3.63) is 83.6 Å². The molecule has 1 aromatic heterocycles. The summed E-state index contributed by atoms with van der Waals surface area (Å²) in [6.07, 6.45) is 8.67. The van der Waals surface area contributed by atoms with Crippen LogP contribution in [-0.4, -0.2) is 39.9 Å². The van der Waals surface area contributed by atoms with Crippen LogP contribution in [-0.2, 0) is 24.9 Å². The Morgan fingerprint density at radius 1 is 0.939 bits per heavy atom. The molecule has 0 aliphatic carbocycles. The van der Waals surface area contributed by atoms with Gasteiger partial charge in [0.05, 0.1) is 5.41 Å². The van der Waals surface area contributed by atoms with E-state index in [1.807, 2.05) is 22.6 Å². The van der Waals surface area contributed by atoms with Gasteiger partial charge in [0.1, 0.15) is 11.6 Å². The number of hydrogen-bond donors (Lipinski definition) is 0. The molecule has 4 nitrogen and oxygen atoms in total. The maximum absolute atomic E-state index is 13.8. The fourth-order valence-corrected chi connectivity index (χ4v) is 5.33. The monoisotopic (exact) mass is 449 g/mol. The molecular weight excluding hydrogens is 420 g/mol. The van der Waals surface area contributed by atoms with Gasteiger partial charge in [-0.05, 0) is 73.8 Å². The van der Waals surface area contributed by atoms with Crippen molar-refractivity contribution in [1.82, 2.24) is 14.4 Å². The molecule has 172 valence electrons. The van der Waals surface area contributed by atoms with Crippen molar-refractivity contribution in [3.8, 4) is 0 Å². The molecule has 0 atom stereocenters. The van der Waals surface area contributed by atoms with E-state index in [-0.39, 0.29) is 23.0 Å². The van der Waals surface area contributed by atoms with Crippen LogP contribution in [0.3, 0.4) is 0 Å². The second-order valence-corrected chi connectivity index (χ2v) is 9.47. The van der Waals surface area contributed by atoms with E-state index in [0.29, 0.717) is 13.1 Å². The second kappa shape index (κ2) is 8.75. The van der Waals surface area contributed by atoms with Gasteiger partial charge in [-0.15, -0.1) is 0 Å². The molecule has 0 bridgehead atoms. The minimum Gasteiger partial charge on any atom is -0.350 e. The molecule has 1 fully saturated rings. The van der Waals surface area contributed by atoms with E-state index >= 15 is 0 Å².